The van der Waals surface area contributed by atoms with Crippen molar-refractivity contribution in [2.75, 3.05) is 6.54 Å². The van der Waals surface area contributed by atoms with E-state index in [4.69, 9.17) is 4.98 Å². The van der Waals surface area contributed by atoms with Crippen molar-refractivity contribution in [3.05, 3.63) is 52.6 Å². The Bertz CT molecular complexity index is 1050. The van der Waals surface area contributed by atoms with Crippen molar-refractivity contribution in [2.24, 2.45) is 5.92 Å². The van der Waals surface area contributed by atoms with Gasteiger partial charge >= 0.3 is 0 Å². The number of para-hydroxylation sites is 1. The molecule has 5 rings (SSSR count). The number of aromatic nitrogens is 5. The first-order chi connectivity index (χ1) is 13.2. The minimum Gasteiger partial charge on any atom is -0.326 e. The van der Waals surface area contributed by atoms with Crippen LogP contribution < -0.4 is 5.56 Å². The summed E-state index contributed by atoms with van der Waals surface area (Å²) in [5.41, 5.74) is 0.671. The Balaban J connectivity index is 1.62. The number of nitrogens with one attached hydrogen (secondary N) is 1. The van der Waals surface area contributed by atoms with Gasteiger partial charge in [-0.3, -0.25) is 19.3 Å². The lowest BCUT2D eigenvalue weighted by Gasteiger charge is -2.26. The standard InChI is InChI=1S/C19H20N6O2/c26-18-13-4-1-2-5-14(13)22-17(25(18)10-12-7-8-12)15-6-3-9-24(15)19(27)16-20-11-21-23-16/h1-2,4-5,11-12,15H,3,6-10H2,(H,20,21,23). The number of rotatable bonds is 4. The smallest absolute Gasteiger partial charge is 0.291 e. The molecule has 2 aromatic heterocycles. The molecule has 1 atom stereocenters. The molecule has 0 bridgehead atoms. The molecule has 27 heavy (non-hydrogen) atoms. The number of amides is 1. The summed E-state index contributed by atoms with van der Waals surface area (Å²) in [5.74, 6) is 1.24. The summed E-state index contributed by atoms with van der Waals surface area (Å²) < 4.78 is 1.80. The molecule has 1 unspecified atom stereocenters. The van der Waals surface area contributed by atoms with Crippen LogP contribution in [0.4, 0.5) is 0 Å². The molecule has 1 N–H and O–H groups in total. The van der Waals surface area contributed by atoms with Crippen LogP contribution in [0.1, 0.15) is 48.2 Å². The third-order valence-corrected chi connectivity index (χ3v) is 5.46. The molecule has 0 radical (unpaired) electrons. The maximum absolute atomic E-state index is 13.2. The molecule has 3 aromatic rings. The van der Waals surface area contributed by atoms with Gasteiger partial charge in [0.15, 0.2) is 0 Å². The lowest BCUT2D eigenvalue weighted by atomic mass is 10.1. The molecule has 0 spiro atoms. The van der Waals surface area contributed by atoms with Crippen LogP contribution in [-0.4, -0.2) is 42.1 Å². The zero-order valence-corrected chi connectivity index (χ0v) is 14.8. The largest absolute Gasteiger partial charge is 0.326 e. The van der Waals surface area contributed by atoms with E-state index in [1.165, 1.54) is 6.33 Å². The Morgan fingerprint density at radius 3 is 2.85 bits per heavy atom. The summed E-state index contributed by atoms with van der Waals surface area (Å²) in [6, 6.07) is 7.21. The SMILES string of the molecule is O=C(c1ncn[nH]1)N1CCCC1c1nc2ccccc2c(=O)n1CC1CC1. The fourth-order valence-electron chi connectivity index (χ4n) is 3.90. The monoisotopic (exact) mass is 364 g/mol. The van der Waals surface area contributed by atoms with Gasteiger partial charge in [-0.15, -0.1) is 0 Å². The summed E-state index contributed by atoms with van der Waals surface area (Å²) in [4.78, 5) is 36.6. The third-order valence-electron chi connectivity index (χ3n) is 5.46. The average Bonchev–Trinajstić information content (AvgIpc) is 3.15. The number of benzene rings is 1. The quantitative estimate of drug-likeness (QED) is 0.763. The van der Waals surface area contributed by atoms with Crippen molar-refractivity contribution in [1.82, 2.24) is 29.6 Å². The van der Waals surface area contributed by atoms with E-state index in [1.54, 1.807) is 9.47 Å². The molecular weight excluding hydrogens is 344 g/mol. The normalized spacial score (nSPS) is 19.7. The van der Waals surface area contributed by atoms with E-state index >= 15 is 0 Å². The highest BCUT2D eigenvalue weighted by Gasteiger charge is 2.36. The van der Waals surface area contributed by atoms with E-state index < -0.39 is 0 Å². The second-order valence-electron chi connectivity index (χ2n) is 7.34. The number of fused-ring (bicyclic) bond motifs is 1. The van der Waals surface area contributed by atoms with Crippen molar-refractivity contribution in [2.45, 2.75) is 38.3 Å². The van der Waals surface area contributed by atoms with Crippen molar-refractivity contribution >= 4 is 16.8 Å². The maximum Gasteiger partial charge on any atom is 0.291 e. The zero-order valence-electron chi connectivity index (χ0n) is 14.8. The lowest BCUT2D eigenvalue weighted by Crippen LogP contribution is -2.36. The number of carbonyl (C=O) groups is 1. The van der Waals surface area contributed by atoms with Gasteiger partial charge in [0.05, 0.1) is 16.9 Å². The van der Waals surface area contributed by atoms with E-state index in [-0.39, 0.29) is 23.3 Å². The molecule has 2 fully saturated rings. The van der Waals surface area contributed by atoms with Gasteiger partial charge < -0.3 is 4.90 Å². The predicted octanol–water partition coefficient (Wildman–Crippen LogP) is 1.90. The Kier molecular flexibility index (Phi) is 3.77. The maximum atomic E-state index is 13.2. The summed E-state index contributed by atoms with van der Waals surface area (Å²) in [6.45, 7) is 1.29. The molecule has 1 amide bonds. The molecule has 138 valence electrons. The zero-order chi connectivity index (χ0) is 18.4. The van der Waals surface area contributed by atoms with Gasteiger partial charge in [0.1, 0.15) is 12.2 Å². The molecule has 8 heteroatoms. The summed E-state index contributed by atoms with van der Waals surface area (Å²) in [7, 11) is 0. The summed E-state index contributed by atoms with van der Waals surface area (Å²) >= 11 is 0. The highest BCUT2D eigenvalue weighted by atomic mass is 16.2. The minimum absolute atomic E-state index is 0.0125. The van der Waals surface area contributed by atoms with E-state index in [2.05, 4.69) is 15.2 Å². The molecule has 1 saturated heterocycles. The van der Waals surface area contributed by atoms with E-state index in [0.717, 1.165) is 25.7 Å². The fourth-order valence-corrected chi connectivity index (χ4v) is 3.90. The Morgan fingerprint density at radius 2 is 2.07 bits per heavy atom. The minimum atomic E-state index is -0.223. The van der Waals surface area contributed by atoms with Crippen LogP contribution in [0, 0.1) is 5.92 Å². The molecule has 1 aromatic carbocycles. The number of hydrogen-bond donors (Lipinski definition) is 1. The van der Waals surface area contributed by atoms with Gasteiger partial charge in [0.25, 0.3) is 11.5 Å². The van der Waals surface area contributed by atoms with Crippen LogP contribution in [0.2, 0.25) is 0 Å². The number of H-pyrrole nitrogens is 1. The van der Waals surface area contributed by atoms with Gasteiger partial charge in [-0.25, -0.2) is 9.97 Å². The van der Waals surface area contributed by atoms with Gasteiger partial charge in [-0.2, -0.15) is 5.10 Å². The Hall–Kier alpha value is -3.03. The van der Waals surface area contributed by atoms with Crippen LogP contribution in [-0.2, 0) is 6.54 Å². The van der Waals surface area contributed by atoms with Crippen molar-refractivity contribution in [3.8, 4) is 0 Å². The van der Waals surface area contributed by atoms with Crippen LogP contribution in [0.3, 0.4) is 0 Å². The van der Waals surface area contributed by atoms with Crippen LogP contribution >= 0.6 is 0 Å². The van der Waals surface area contributed by atoms with Crippen LogP contribution in [0.15, 0.2) is 35.4 Å². The first-order valence-electron chi connectivity index (χ1n) is 9.38. The van der Waals surface area contributed by atoms with E-state index in [9.17, 15) is 9.59 Å². The highest BCUT2D eigenvalue weighted by molar-refractivity contribution is 5.90. The fraction of sp³-hybridized carbons (Fsp3) is 0.421. The molecule has 1 saturated carbocycles. The third kappa shape index (κ3) is 2.81. The summed E-state index contributed by atoms with van der Waals surface area (Å²) in [5, 5.41) is 7.05. The van der Waals surface area contributed by atoms with Crippen molar-refractivity contribution < 1.29 is 4.79 Å². The van der Waals surface area contributed by atoms with Gasteiger partial charge in [-0.1, -0.05) is 12.1 Å². The van der Waals surface area contributed by atoms with Gasteiger partial charge in [0.2, 0.25) is 5.82 Å². The molecule has 8 nitrogen and oxygen atoms in total. The van der Waals surface area contributed by atoms with Crippen LogP contribution in [0.25, 0.3) is 10.9 Å². The first kappa shape index (κ1) is 16.2. The summed E-state index contributed by atoms with van der Waals surface area (Å²) in [6.07, 6.45) is 5.27. The number of nitrogens with zero attached hydrogens (tertiary/aromatic N) is 5. The van der Waals surface area contributed by atoms with Gasteiger partial charge in [0, 0.05) is 13.1 Å². The topological polar surface area (TPSA) is 96.8 Å². The molecule has 2 aliphatic rings. The lowest BCUT2D eigenvalue weighted by molar-refractivity contribution is 0.0714. The number of carbonyl (C=O) groups excluding carboxylic acids is 1. The highest BCUT2D eigenvalue weighted by Crippen LogP contribution is 2.35. The van der Waals surface area contributed by atoms with Crippen molar-refractivity contribution in [3.63, 3.8) is 0 Å². The Morgan fingerprint density at radius 1 is 1.22 bits per heavy atom. The number of likely N-dealkylation sites (tertiary alicyclic amines) is 1. The second-order valence-corrected chi connectivity index (χ2v) is 7.34. The Labute approximate surface area is 155 Å². The average molecular weight is 364 g/mol. The van der Waals surface area contributed by atoms with Crippen LogP contribution in [0.5, 0.6) is 0 Å². The van der Waals surface area contributed by atoms with Crippen molar-refractivity contribution in [1.29, 1.82) is 0 Å². The molecular formula is C19H20N6O2. The van der Waals surface area contributed by atoms with E-state index in [1.807, 2.05) is 24.3 Å². The predicted molar refractivity (Wildman–Crippen MR) is 98.1 cm³/mol. The second kappa shape index (κ2) is 6.29. The first-order valence-corrected chi connectivity index (χ1v) is 9.38. The van der Waals surface area contributed by atoms with Gasteiger partial charge in [-0.05, 0) is 43.7 Å². The number of hydrogen-bond acceptors (Lipinski definition) is 5. The number of aromatic amines is 1. The molecule has 3 heterocycles. The molecule has 1 aliphatic carbocycles. The van der Waals surface area contributed by atoms with E-state index in [0.29, 0.717) is 35.7 Å². The molecule has 1 aliphatic heterocycles.